The van der Waals surface area contributed by atoms with Gasteiger partial charge in [-0.2, -0.15) is 0 Å². The fourth-order valence-corrected chi connectivity index (χ4v) is 6.39. The van der Waals surface area contributed by atoms with Crippen LogP contribution in [0.1, 0.15) is 78.4 Å². The summed E-state index contributed by atoms with van der Waals surface area (Å²) < 4.78 is 22.3. The summed E-state index contributed by atoms with van der Waals surface area (Å²) in [4.78, 5) is 65.4. The Morgan fingerprint density at radius 2 is 1.56 bits per heavy atom. The third-order valence-corrected chi connectivity index (χ3v) is 10.5. The topological polar surface area (TPSA) is 146 Å². The number of nitrogens with one attached hydrogen (secondary N) is 2. The summed E-state index contributed by atoms with van der Waals surface area (Å²) in [5.74, 6) is -1.84. The monoisotopic (exact) mass is 806 g/mol. The van der Waals surface area contributed by atoms with Crippen LogP contribution in [-0.2, 0) is 39.8 Å². The molecule has 0 heterocycles. The van der Waals surface area contributed by atoms with Crippen molar-refractivity contribution in [1.29, 1.82) is 0 Å². The van der Waals surface area contributed by atoms with Crippen molar-refractivity contribution in [2.45, 2.75) is 117 Å². The summed E-state index contributed by atoms with van der Waals surface area (Å²) in [5.41, 5.74) is 1.14. The van der Waals surface area contributed by atoms with Gasteiger partial charge in [-0.25, -0.2) is 9.59 Å². The van der Waals surface area contributed by atoms with Crippen LogP contribution < -0.4 is 15.4 Å². The molecule has 0 unspecified atom stereocenters. The molecule has 0 fully saturated rings. The first-order chi connectivity index (χ1) is 26.7. The average molecular weight is 807 g/mol. The number of hydrogen-bond acceptors (Lipinski definition) is 9. The van der Waals surface area contributed by atoms with Crippen molar-refractivity contribution in [2.75, 3.05) is 20.3 Å². The van der Waals surface area contributed by atoms with Crippen molar-refractivity contribution in [3.05, 3.63) is 84.0 Å². The Hall–Kier alpha value is -4.71. The summed E-state index contributed by atoms with van der Waals surface area (Å²) in [5, 5.41) is 5.41. The summed E-state index contributed by atoms with van der Waals surface area (Å²) in [7, 11) is 0.122. The molecule has 0 aliphatic rings. The van der Waals surface area contributed by atoms with E-state index >= 15 is 0 Å². The quantitative estimate of drug-likeness (QED) is 0.0490. The van der Waals surface area contributed by atoms with Crippen LogP contribution in [0.5, 0.6) is 5.75 Å². The molecule has 0 spiro atoms. The molecule has 314 valence electrons. The molecule has 2 aromatic rings. The van der Waals surface area contributed by atoms with E-state index in [-0.39, 0.29) is 56.5 Å². The van der Waals surface area contributed by atoms with Crippen LogP contribution in [0.15, 0.2) is 72.8 Å². The summed E-state index contributed by atoms with van der Waals surface area (Å²) in [6.45, 7) is 18.1. The van der Waals surface area contributed by atoms with E-state index in [4.69, 9.17) is 18.9 Å². The van der Waals surface area contributed by atoms with Crippen molar-refractivity contribution < 1.29 is 42.9 Å². The Kier molecular flexibility index (Phi) is 20.5. The molecular weight excluding hydrogens is 741 g/mol. The van der Waals surface area contributed by atoms with Crippen molar-refractivity contribution in [2.24, 2.45) is 17.8 Å². The minimum absolute atomic E-state index is 0.0319. The van der Waals surface area contributed by atoms with E-state index in [2.05, 4.69) is 30.3 Å². The zero-order chi connectivity index (χ0) is 42.6. The number of esters is 2. The molecule has 4 atom stereocenters. The third kappa shape index (κ3) is 21.4. The Labute approximate surface area is 341 Å². The summed E-state index contributed by atoms with van der Waals surface area (Å²) in [6, 6.07) is 16.9. The van der Waals surface area contributed by atoms with Crippen LogP contribution in [0, 0.1) is 17.8 Å². The van der Waals surface area contributed by atoms with E-state index in [9.17, 15) is 24.0 Å². The van der Waals surface area contributed by atoms with Crippen LogP contribution in [0.4, 0.5) is 4.79 Å². The van der Waals surface area contributed by atoms with Gasteiger partial charge in [-0.1, -0.05) is 101 Å². The number of alkyl carbamates (subject to hydrolysis) is 1. The van der Waals surface area contributed by atoms with E-state index in [1.54, 1.807) is 46.1 Å². The Morgan fingerprint density at radius 1 is 0.895 bits per heavy atom. The highest BCUT2D eigenvalue weighted by Crippen LogP contribution is 2.23. The maximum Gasteiger partial charge on any atom is 0.407 e. The molecule has 0 aliphatic carbocycles. The maximum absolute atomic E-state index is 13.8. The van der Waals surface area contributed by atoms with Gasteiger partial charge in [0.25, 0.3) is 0 Å². The van der Waals surface area contributed by atoms with Gasteiger partial charge in [0, 0.05) is 46.2 Å². The minimum Gasteiger partial charge on any atom is -0.497 e. The molecule has 2 rings (SSSR count). The molecule has 2 amide bonds. The first kappa shape index (κ1) is 48.4. The molecule has 0 bridgehead atoms. The Morgan fingerprint density at radius 3 is 2.16 bits per heavy atom. The predicted octanol–water partition coefficient (Wildman–Crippen LogP) is 8.35. The van der Waals surface area contributed by atoms with E-state index in [1.807, 2.05) is 75.4 Å². The second-order valence-corrected chi connectivity index (χ2v) is 22.7. The smallest absolute Gasteiger partial charge is 0.407 e. The maximum atomic E-state index is 13.8. The minimum atomic E-state index is -1.46. The zero-order valence-electron chi connectivity index (χ0n) is 35.7. The molecular formula is C45H66N2O9Si. The molecule has 12 heteroatoms. The van der Waals surface area contributed by atoms with Crippen molar-refractivity contribution >= 4 is 43.9 Å². The van der Waals surface area contributed by atoms with Gasteiger partial charge in [-0.05, 0) is 68.5 Å². The number of ether oxygens (including phenoxy) is 4. The largest absolute Gasteiger partial charge is 0.497 e. The zero-order valence-corrected chi connectivity index (χ0v) is 36.7. The van der Waals surface area contributed by atoms with Crippen LogP contribution in [0.2, 0.25) is 25.7 Å². The fraction of sp³-hybridized carbons (Fsp3) is 0.533. The van der Waals surface area contributed by atoms with Gasteiger partial charge < -0.3 is 29.6 Å². The molecule has 57 heavy (non-hydrogen) atoms. The lowest BCUT2D eigenvalue weighted by Crippen LogP contribution is -2.43. The first-order valence-electron chi connectivity index (χ1n) is 19.9. The number of carbonyl (C=O) groups is 5. The fourth-order valence-electron chi connectivity index (χ4n) is 5.67. The van der Waals surface area contributed by atoms with Crippen molar-refractivity contribution in [3.8, 4) is 5.75 Å². The Balaban J connectivity index is 2.22. The third-order valence-electron chi connectivity index (χ3n) is 8.82. The molecule has 2 N–H and O–H groups in total. The highest BCUT2D eigenvalue weighted by atomic mass is 28.3. The highest BCUT2D eigenvalue weighted by molar-refractivity contribution is 6.76. The van der Waals surface area contributed by atoms with E-state index in [0.29, 0.717) is 12.2 Å². The standard InChI is InChI=1S/C45H66N2O9Si/c1-32(2)29-36(31-37(48)25-26-46-44(52)56-45(4,5)6)42(50)55-40(33(3)19-20-34-15-12-11-13-16-34)17-14-18-41(49)47-39(43(51)54-27-28-57(8,9)10)30-35-21-23-38(53-7)24-22-35/h11-16,18-24,32-33,36,39-40H,17,25-31H2,1-10H3,(H,46,52)(H,47,49)/b18-14+,20-19+/t33-,36-,39-,40+/m1/s1. The molecule has 0 aromatic heterocycles. The molecule has 0 saturated carbocycles. The second-order valence-electron chi connectivity index (χ2n) is 17.1. The second kappa shape index (κ2) is 24.1. The number of methoxy groups -OCH3 is 1. The van der Waals surface area contributed by atoms with Crippen molar-refractivity contribution in [1.82, 2.24) is 10.6 Å². The number of amides is 2. The number of rotatable bonds is 23. The number of Topliss-reactive ketones (excluding diaryl/α,β-unsaturated/α-hetero) is 1. The molecule has 0 saturated heterocycles. The van der Waals surface area contributed by atoms with Gasteiger partial charge in [0.1, 0.15) is 29.3 Å². The summed E-state index contributed by atoms with van der Waals surface area (Å²) in [6.07, 6.45) is 6.48. The normalized spacial score (nSPS) is 14.1. The molecule has 11 nitrogen and oxygen atoms in total. The van der Waals surface area contributed by atoms with E-state index in [0.717, 1.165) is 17.2 Å². The highest BCUT2D eigenvalue weighted by Gasteiger charge is 2.29. The van der Waals surface area contributed by atoms with Crippen LogP contribution >= 0.6 is 0 Å². The van der Waals surface area contributed by atoms with Crippen LogP contribution in [0.25, 0.3) is 6.08 Å². The number of benzene rings is 2. The van der Waals surface area contributed by atoms with Crippen LogP contribution in [0.3, 0.4) is 0 Å². The van der Waals surface area contributed by atoms with Gasteiger partial charge >= 0.3 is 18.0 Å². The Bertz CT molecular complexity index is 1630. The van der Waals surface area contributed by atoms with Gasteiger partial charge in [0.2, 0.25) is 5.91 Å². The number of ketones is 1. The molecule has 0 aliphatic heterocycles. The number of hydrogen-bond donors (Lipinski definition) is 2. The first-order valence-corrected chi connectivity index (χ1v) is 23.6. The lowest BCUT2D eigenvalue weighted by Gasteiger charge is -2.25. The predicted molar refractivity (Wildman–Crippen MR) is 227 cm³/mol. The SMILES string of the molecule is COc1ccc(C[C@@H](NC(=O)/C=C/C[C@H](OC(=O)[C@@H](CC(=O)CCNC(=O)OC(C)(C)C)CC(C)C)[C@H](C)/C=C/c2ccccc2)C(=O)OCC[Si](C)(C)C)cc1. The van der Waals surface area contributed by atoms with Gasteiger partial charge in [-0.15, -0.1) is 0 Å². The lowest BCUT2D eigenvalue weighted by molar-refractivity contribution is -0.157. The van der Waals surface area contributed by atoms with Gasteiger partial charge in [0.05, 0.1) is 19.6 Å². The molecule has 2 aromatic carbocycles. The van der Waals surface area contributed by atoms with E-state index in [1.165, 1.54) is 6.08 Å². The van der Waals surface area contributed by atoms with Crippen LogP contribution in [-0.4, -0.2) is 75.8 Å². The summed E-state index contributed by atoms with van der Waals surface area (Å²) >= 11 is 0. The average Bonchev–Trinajstić information content (AvgIpc) is 3.12. The van der Waals surface area contributed by atoms with Gasteiger partial charge in [0.15, 0.2) is 0 Å². The van der Waals surface area contributed by atoms with Crippen molar-refractivity contribution in [3.63, 3.8) is 0 Å². The van der Waals surface area contributed by atoms with E-state index < -0.39 is 55.7 Å². The number of carbonyl (C=O) groups excluding carboxylic acids is 5. The lowest BCUT2D eigenvalue weighted by atomic mass is 9.91. The molecule has 0 radical (unpaired) electrons. The van der Waals surface area contributed by atoms with Gasteiger partial charge in [-0.3, -0.25) is 14.4 Å².